The summed E-state index contributed by atoms with van der Waals surface area (Å²) < 4.78 is 0. The Bertz CT molecular complexity index is 375. The Hall–Kier alpha value is 0.254. The van der Waals surface area contributed by atoms with E-state index in [0.717, 1.165) is 12.8 Å². The monoisotopic (exact) mass is 332 g/mol. The zero-order valence-electron chi connectivity index (χ0n) is 12.7. The molecule has 0 unspecified atom stereocenters. The molecule has 0 aromatic rings. The molecule has 0 aromatic heterocycles. The van der Waals surface area contributed by atoms with Crippen molar-refractivity contribution in [2.45, 2.75) is 54.4 Å². The van der Waals surface area contributed by atoms with Crippen molar-refractivity contribution in [3.05, 3.63) is 45.6 Å². The van der Waals surface area contributed by atoms with Crippen LogP contribution in [0.25, 0.3) is 0 Å². The molecule has 2 aliphatic rings. The molecule has 0 aliphatic heterocycles. The fraction of sp³-hybridized carbons (Fsp3) is 0.500. The van der Waals surface area contributed by atoms with Gasteiger partial charge in [-0.1, -0.05) is 27.7 Å². The minimum atomic E-state index is -0.556. The van der Waals surface area contributed by atoms with Crippen molar-refractivity contribution in [1.82, 2.24) is 0 Å². The van der Waals surface area contributed by atoms with Gasteiger partial charge in [-0.2, -0.15) is 22.3 Å². The fourth-order valence-electron chi connectivity index (χ4n) is 1.70. The number of hydrogen-bond donors (Lipinski definition) is 0. The number of hydrogen-bond acceptors (Lipinski definition) is 0. The molecule has 0 heterocycles. The van der Waals surface area contributed by atoms with Crippen LogP contribution in [0.3, 0.4) is 0 Å². The van der Waals surface area contributed by atoms with Crippen LogP contribution in [-0.2, 0) is 17.0 Å². The maximum absolute atomic E-state index is 4.89. The molecule has 0 atom stereocenters. The van der Waals surface area contributed by atoms with Crippen LogP contribution >= 0.6 is 18.6 Å². The Balaban J connectivity index is 0.000000284. The summed E-state index contributed by atoms with van der Waals surface area (Å²) in [6, 6.07) is 0. The first-order valence-electron chi connectivity index (χ1n) is 6.29. The Labute approximate surface area is 135 Å². The molecule has 0 aromatic carbocycles. The van der Waals surface area contributed by atoms with E-state index in [0.29, 0.717) is 0 Å². The average molecular weight is 333 g/mol. The van der Waals surface area contributed by atoms with E-state index in [4.69, 9.17) is 18.6 Å². The maximum atomic E-state index is 4.89. The predicted octanol–water partition coefficient (Wildman–Crippen LogP) is 6.33. The van der Waals surface area contributed by atoms with Crippen LogP contribution in [0, 0.1) is 12.2 Å². The van der Waals surface area contributed by atoms with Crippen molar-refractivity contribution in [2.75, 3.05) is 0 Å². The van der Waals surface area contributed by atoms with Crippen LogP contribution in [-0.4, -0.2) is 0 Å². The van der Waals surface area contributed by atoms with Gasteiger partial charge in [-0.3, -0.25) is 12.2 Å². The molecular weight excluding hydrogens is 311 g/mol. The number of allylic oxidation sites excluding steroid dienone is 8. The van der Waals surface area contributed by atoms with Gasteiger partial charge in [0.15, 0.2) is 0 Å². The summed E-state index contributed by atoms with van der Waals surface area (Å²) in [6.07, 6.45) is 8.63. The van der Waals surface area contributed by atoms with E-state index < -0.39 is 17.0 Å². The summed E-state index contributed by atoms with van der Waals surface area (Å²) in [6.45, 7) is 12.9. The Morgan fingerprint density at radius 3 is 1.05 bits per heavy atom. The summed E-state index contributed by atoms with van der Waals surface area (Å²) in [5, 5.41) is 0. The van der Waals surface area contributed by atoms with E-state index >= 15 is 0 Å². The second kappa shape index (κ2) is 10.0. The third kappa shape index (κ3) is 7.00. The molecule has 2 aliphatic carbocycles. The van der Waals surface area contributed by atoms with E-state index in [1.807, 2.05) is 0 Å². The van der Waals surface area contributed by atoms with E-state index in [1.54, 1.807) is 0 Å². The van der Waals surface area contributed by atoms with Crippen LogP contribution in [0.15, 0.2) is 33.4 Å². The van der Waals surface area contributed by atoms with Crippen LogP contribution in [0.4, 0.5) is 0 Å². The van der Waals surface area contributed by atoms with Crippen molar-refractivity contribution in [3.63, 3.8) is 0 Å². The molecule has 0 spiro atoms. The zero-order chi connectivity index (χ0) is 15.0. The second-order valence-electron chi connectivity index (χ2n) is 4.84. The van der Waals surface area contributed by atoms with Gasteiger partial charge in [-0.15, -0.1) is 26.7 Å². The minimum absolute atomic E-state index is 0.556. The molecular formula is C16H22Cl2Ti-2. The molecule has 106 valence electrons. The molecule has 0 bridgehead atoms. The fourth-order valence-corrected chi connectivity index (χ4v) is 1.70. The SMILES string of the molecule is CC1=[C-]CC(C)=C1C.CC1=[C-]CC(C)=C1C.[Cl][Ti][Cl]. The number of halogens is 2. The zero-order valence-corrected chi connectivity index (χ0v) is 15.7. The topological polar surface area (TPSA) is 0 Å². The van der Waals surface area contributed by atoms with E-state index in [1.165, 1.54) is 33.4 Å². The summed E-state index contributed by atoms with van der Waals surface area (Å²) >= 11 is -0.556. The van der Waals surface area contributed by atoms with Crippen molar-refractivity contribution < 1.29 is 17.0 Å². The van der Waals surface area contributed by atoms with Crippen molar-refractivity contribution in [3.8, 4) is 0 Å². The van der Waals surface area contributed by atoms with Gasteiger partial charge in [0.25, 0.3) is 0 Å². The molecule has 0 N–H and O–H groups in total. The van der Waals surface area contributed by atoms with E-state index in [2.05, 4.69) is 53.7 Å². The molecule has 0 saturated carbocycles. The van der Waals surface area contributed by atoms with Crippen molar-refractivity contribution in [1.29, 1.82) is 0 Å². The van der Waals surface area contributed by atoms with Crippen molar-refractivity contribution in [2.24, 2.45) is 0 Å². The Morgan fingerprint density at radius 1 is 0.737 bits per heavy atom. The Morgan fingerprint density at radius 2 is 1.00 bits per heavy atom. The van der Waals surface area contributed by atoms with E-state index in [9.17, 15) is 0 Å². The molecule has 2 rings (SSSR count). The van der Waals surface area contributed by atoms with Gasteiger partial charge < -0.3 is 0 Å². The van der Waals surface area contributed by atoms with Gasteiger partial charge in [0.1, 0.15) is 0 Å². The van der Waals surface area contributed by atoms with Gasteiger partial charge in [0.2, 0.25) is 0 Å². The van der Waals surface area contributed by atoms with Crippen LogP contribution < -0.4 is 0 Å². The number of rotatable bonds is 0. The summed E-state index contributed by atoms with van der Waals surface area (Å²) in [5.74, 6) is 0. The predicted molar refractivity (Wildman–Crippen MR) is 82.5 cm³/mol. The van der Waals surface area contributed by atoms with Gasteiger partial charge in [-0.05, 0) is 0 Å². The standard InChI is InChI=1S/2C8H11.2ClH.Ti/c2*1-6-4-5-7(2)8(6)3;;;/h2*4H2,1-3H3;2*1H;/q2*-1;;;+2/p-2. The normalized spacial score (nSPS) is 17.3. The van der Waals surface area contributed by atoms with Crippen LogP contribution in [0.5, 0.6) is 0 Å². The van der Waals surface area contributed by atoms with Gasteiger partial charge >= 0.3 is 35.6 Å². The third-order valence-electron chi connectivity index (χ3n) is 3.64. The summed E-state index contributed by atoms with van der Waals surface area (Å²) in [5.41, 5.74) is 8.49. The second-order valence-corrected chi connectivity index (χ2v) is 7.42. The van der Waals surface area contributed by atoms with Crippen LogP contribution in [0.1, 0.15) is 54.4 Å². The first kappa shape index (κ1) is 19.3. The van der Waals surface area contributed by atoms with Gasteiger partial charge in [0.05, 0.1) is 0 Å². The molecule has 0 fully saturated rings. The van der Waals surface area contributed by atoms with E-state index in [-0.39, 0.29) is 0 Å². The molecule has 0 amide bonds. The molecule has 0 nitrogen and oxygen atoms in total. The third-order valence-corrected chi connectivity index (χ3v) is 3.64. The summed E-state index contributed by atoms with van der Waals surface area (Å²) in [4.78, 5) is 0. The van der Waals surface area contributed by atoms with Crippen LogP contribution in [0.2, 0.25) is 0 Å². The van der Waals surface area contributed by atoms with Gasteiger partial charge in [0, 0.05) is 0 Å². The molecule has 3 heteroatoms. The average Bonchev–Trinajstić information content (AvgIpc) is 2.82. The van der Waals surface area contributed by atoms with Gasteiger partial charge in [-0.25, -0.2) is 11.1 Å². The first-order chi connectivity index (χ1) is 8.84. The first-order valence-corrected chi connectivity index (χ1v) is 10.6. The quantitative estimate of drug-likeness (QED) is 0.359. The summed E-state index contributed by atoms with van der Waals surface area (Å²) in [7, 11) is 9.78. The van der Waals surface area contributed by atoms with Crippen molar-refractivity contribution >= 4 is 18.6 Å². The molecule has 0 radical (unpaired) electrons. The molecule has 19 heavy (non-hydrogen) atoms. The Kier molecular flexibility index (Phi) is 10.2. The molecule has 0 saturated heterocycles.